The van der Waals surface area contributed by atoms with Crippen LogP contribution in [0.3, 0.4) is 0 Å². The number of ether oxygens (including phenoxy) is 2. The maximum absolute atomic E-state index is 12.2. The summed E-state index contributed by atoms with van der Waals surface area (Å²) in [5.41, 5.74) is 7.31. The molecule has 8 heteroatoms. The van der Waals surface area contributed by atoms with Crippen molar-refractivity contribution in [3.63, 3.8) is 0 Å². The Labute approximate surface area is 155 Å². The van der Waals surface area contributed by atoms with E-state index in [1.807, 2.05) is 24.3 Å². The first-order chi connectivity index (χ1) is 12.6. The zero-order valence-corrected chi connectivity index (χ0v) is 14.3. The van der Waals surface area contributed by atoms with Crippen molar-refractivity contribution in [2.75, 3.05) is 17.8 Å². The Balaban J connectivity index is 1.62. The smallest absolute Gasteiger partial charge is 0.267 e. The molecule has 0 saturated carbocycles. The van der Waals surface area contributed by atoms with Gasteiger partial charge >= 0.3 is 0 Å². The standard InChI is InChI=1S/C18H15ClN4O3/c19-14-6-13(21)2-3-15(14)23-18(24)12(7-20)9-22-8-11-1-4-16-17(5-11)26-10-25-16/h1-6,9,22H,8,10,21H2,(H,23,24)/b12-9-. The molecule has 0 unspecified atom stereocenters. The van der Waals surface area contributed by atoms with Crippen LogP contribution in [0.5, 0.6) is 11.5 Å². The van der Waals surface area contributed by atoms with Gasteiger partial charge in [-0.05, 0) is 35.9 Å². The lowest BCUT2D eigenvalue weighted by atomic mass is 10.2. The minimum Gasteiger partial charge on any atom is -0.454 e. The van der Waals surface area contributed by atoms with Crippen LogP contribution >= 0.6 is 11.6 Å². The molecule has 1 amide bonds. The Bertz CT molecular complexity index is 921. The van der Waals surface area contributed by atoms with Gasteiger partial charge in [0.15, 0.2) is 11.5 Å². The zero-order valence-electron chi connectivity index (χ0n) is 13.6. The molecule has 4 N–H and O–H groups in total. The number of amides is 1. The number of nitrogens with one attached hydrogen (secondary N) is 2. The molecule has 1 aliphatic rings. The lowest BCUT2D eigenvalue weighted by Gasteiger charge is -2.08. The summed E-state index contributed by atoms with van der Waals surface area (Å²) in [6.45, 7) is 0.621. The summed E-state index contributed by atoms with van der Waals surface area (Å²) in [5, 5.41) is 15.0. The van der Waals surface area contributed by atoms with Gasteiger partial charge in [0, 0.05) is 18.4 Å². The van der Waals surface area contributed by atoms with E-state index in [0.717, 1.165) is 5.56 Å². The van der Waals surface area contributed by atoms with Gasteiger partial charge in [0.1, 0.15) is 11.6 Å². The number of nitrogens with two attached hydrogens (primary N) is 1. The molecule has 1 heterocycles. The van der Waals surface area contributed by atoms with Crippen LogP contribution in [0.25, 0.3) is 0 Å². The van der Waals surface area contributed by atoms with E-state index in [-0.39, 0.29) is 12.4 Å². The van der Waals surface area contributed by atoms with Gasteiger partial charge in [-0.1, -0.05) is 17.7 Å². The zero-order chi connectivity index (χ0) is 18.5. The predicted molar refractivity (Wildman–Crippen MR) is 97.6 cm³/mol. The SMILES string of the molecule is N#C/C(=C/NCc1ccc2c(c1)OCO2)C(=O)Nc1ccc(N)cc1Cl. The number of rotatable bonds is 5. The molecule has 1 aliphatic heterocycles. The number of halogens is 1. The highest BCUT2D eigenvalue weighted by molar-refractivity contribution is 6.34. The molecular weight excluding hydrogens is 356 g/mol. The molecule has 2 aromatic carbocycles. The van der Waals surface area contributed by atoms with Crippen molar-refractivity contribution in [1.82, 2.24) is 5.32 Å². The van der Waals surface area contributed by atoms with Crippen LogP contribution in [0.2, 0.25) is 5.02 Å². The molecular formula is C18H15ClN4O3. The van der Waals surface area contributed by atoms with Gasteiger partial charge in [0.05, 0.1) is 10.7 Å². The molecule has 26 heavy (non-hydrogen) atoms. The number of carbonyl (C=O) groups is 1. The minimum absolute atomic E-state index is 0.0846. The molecule has 2 aromatic rings. The Morgan fingerprint density at radius 3 is 2.85 bits per heavy atom. The summed E-state index contributed by atoms with van der Waals surface area (Å²) in [7, 11) is 0. The van der Waals surface area contributed by atoms with E-state index in [1.165, 1.54) is 12.3 Å². The first kappa shape index (κ1) is 17.5. The van der Waals surface area contributed by atoms with Crippen molar-refractivity contribution in [3.8, 4) is 17.6 Å². The topological polar surface area (TPSA) is 109 Å². The van der Waals surface area contributed by atoms with Crippen LogP contribution in [0.1, 0.15) is 5.56 Å². The first-order valence-corrected chi connectivity index (χ1v) is 8.03. The Kier molecular flexibility index (Phi) is 5.15. The average molecular weight is 371 g/mol. The van der Waals surface area contributed by atoms with Crippen molar-refractivity contribution < 1.29 is 14.3 Å². The minimum atomic E-state index is -0.572. The molecule has 0 fully saturated rings. The fraction of sp³-hybridized carbons (Fsp3) is 0.111. The maximum Gasteiger partial charge on any atom is 0.267 e. The van der Waals surface area contributed by atoms with E-state index in [2.05, 4.69) is 10.6 Å². The van der Waals surface area contributed by atoms with Crippen molar-refractivity contribution in [1.29, 1.82) is 5.26 Å². The largest absolute Gasteiger partial charge is 0.454 e. The van der Waals surface area contributed by atoms with Crippen LogP contribution in [-0.4, -0.2) is 12.7 Å². The fourth-order valence-electron chi connectivity index (χ4n) is 2.29. The van der Waals surface area contributed by atoms with Gasteiger partial charge in [0.25, 0.3) is 5.91 Å². The van der Waals surface area contributed by atoms with Crippen molar-refractivity contribution in [2.24, 2.45) is 0 Å². The molecule has 0 aliphatic carbocycles. The summed E-state index contributed by atoms with van der Waals surface area (Å²) in [6.07, 6.45) is 1.35. The molecule has 3 rings (SSSR count). The molecule has 7 nitrogen and oxygen atoms in total. The fourth-order valence-corrected chi connectivity index (χ4v) is 2.53. The molecule has 0 aromatic heterocycles. The number of nitrogens with zero attached hydrogens (tertiary/aromatic N) is 1. The van der Waals surface area contributed by atoms with E-state index >= 15 is 0 Å². The van der Waals surface area contributed by atoms with Gasteiger partial charge in [-0.2, -0.15) is 5.26 Å². The van der Waals surface area contributed by atoms with Gasteiger partial charge < -0.3 is 25.8 Å². The second-order valence-corrected chi connectivity index (χ2v) is 5.84. The number of carbonyl (C=O) groups excluding carboxylic acids is 1. The number of benzene rings is 2. The Hall–Kier alpha value is -3.37. The number of hydrogen-bond acceptors (Lipinski definition) is 6. The highest BCUT2D eigenvalue weighted by atomic mass is 35.5. The van der Waals surface area contributed by atoms with E-state index in [4.69, 9.17) is 26.8 Å². The first-order valence-electron chi connectivity index (χ1n) is 7.65. The van der Waals surface area contributed by atoms with Crippen LogP contribution in [-0.2, 0) is 11.3 Å². The van der Waals surface area contributed by atoms with Gasteiger partial charge in [-0.15, -0.1) is 0 Å². The predicted octanol–water partition coefficient (Wildman–Crippen LogP) is 2.79. The Morgan fingerprint density at radius 2 is 2.08 bits per heavy atom. The summed E-state index contributed by atoms with van der Waals surface area (Å²) in [4.78, 5) is 12.2. The number of fused-ring (bicyclic) bond motifs is 1. The molecule has 0 spiro atoms. The second kappa shape index (κ2) is 7.68. The molecule has 132 valence electrons. The lowest BCUT2D eigenvalue weighted by molar-refractivity contribution is -0.112. The third-order valence-corrected chi connectivity index (χ3v) is 3.91. The number of nitrogen functional groups attached to an aromatic ring is 1. The summed E-state index contributed by atoms with van der Waals surface area (Å²) < 4.78 is 10.6. The van der Waals surface area contributed by atoms with Crippen molar-refractivity contribution >= 4 is 28.9 Å². The van der Waals surface area contributed by atoms with Gasteiger partial charge in [0.2, 0.25) is 6.79 Å². The summed E-state index contributed by atoms with van der Waals surface area (Å²) >= 11 is 6.02. The van der Waals surface area contributed by atoms with E-state index < -0.39 is 5.91 Å². The van der Waals surface area contributed by atoms with E-state index in [1.54, 1.807) is 12.1 Å². The number of hydrogen-bond donors (Lipinski definition) is 3. The molecule has 0 saturated heterocycles. The molecule has 0 atom stereocenters. The number of anilines is 2. The van der Waals surface area contributed by atoms with Crippen molar-refractivity contribution in [2.45, 2.75) is 6.54 Å². The monoisotopic (exact) mass is 370 g/mol. The third-order valence-electron chi connectivity index (χ3n) is 3.60. The number of nitriles is 1. The highest BCUT2D eigenvalue weighted by Crippen LogP contribution is 2.32. The third kappa shape index (κ3) is 3.99. The highest BCUT2D eigenvalue weighted by Gasteiger charge is 2.14. The Morgan fingerprint density at radius 1 is 1.27 bits per heavy atom. The van der Waals surface area contributed by atoms with Crippen LogP contribution in [0, 0.1) is 11.3 Å². The van der Waals surface area contributed by atoms with Crippen LogP contribution in [0.15, 0.2) is 48.2 Å². The van der Waals surface area contributed by atoms with Crippen LogP contribution in [0.4, 0.5) is 11.4 Å². The van der Waals surface area contributed by atoms with E-state index in [9.17, 15) is 10.1 Å². The lowest BCUT2D eigenvalue weighted by Crippen LogP contribution is -2.17. The van der Waals surface area contributed by atoms with Gasteiger partial charge in [-0.3, -0.25) is 4.79 Å². The maximum atomic E-state index is 12.2. The van der Waals surface area contributed by atoms with Crippen molar-refractivity contribution in [3.05, 3.63) is 58.8 Å². The quantitative estimate of drug-likeness (QED) is 0.424. The van der Waals surface area contributed by atoms with E-state index in [0.29, 0.717) is 34.4 Å². The molecule has 0 bridgehead atoms. The summed E-state index contributed by atoms with van der Waals surface area (Å²) in [6, 6.07) is 12.1. The van der Waals surface area contributed by atoms with Crippen LogP contribution < -0.4 is 25.8 Å². The normalized spacial score (nSPS) is 12.4. The second-order valence-electron chi connectivity index (χ2n) is 5.43. The average Bonchev–Trinajstić information content (AvgIpc) is 3.09. The molecule has 0 radical (unpaired) electrons. The summed E-state index contributed by atoms with van der Waals surface area (Å²) in [5.74, 6) is 0.795. The van der Waals surface area contributed by atoms with Gasteiger partial charge in [-0.25, -0.2) is 0 Å².